The van der Waals surface area contributed by atoms with Crippen LogP contribution in [0.4, 0.5) is 13.2 Å². The lowest BCUT2D eigenvalue weighted by Gasteiger charge is -2.08. The number of aromatic nitrogens is 3. The van der Waals surface area contributed by atoms with Crippen molar-refractivity contribution in [1.82, 2.24) is 15.0 Å². The molecule has 24 heavy (non-hydrogen) atoms. The molecule has 0 spiro atoms. The molecule has 0 radical (unpaired) electrons. The largest absolute Gasteiger partial charge is 0.469 e. The van der Waals surface area contributed by atoms with Crippen LogP contribution in [0.3, 0.4) is 0 Å². The van der Waals surface area contributed by atoms with E-state index in [9.17, 15) is 18.0 Å². The van der Waals surface area contributed by atoms with Crippen molar-refractivity contribution < 1.29 is 22.3 Å². The smallest absolute Gasteiger partial charge is 0.417 e. The van der Waals surface area contributed by atoms with Crippen molar-refractivity contribution in [1.29, 1.82) is 0 Å². The predicted molar refractivity (Wildman–Crippen MR) is 79.3 cm³/mol. The molecule has 0 saturated carbocycles. The molecule has 0 unspecified atom stereocenters. The first kappa shape index (κ1) is 16.6. The lowest BCUT2D eigenvalue weighted by atomic mass is 10.1. The number of nitrogens with one attached hydrogen (secondary N) is 1. The fourth-order valence-corrected chi connectivity index (χ4v) is 2.34. The maximum absolute atomic E-state index is 13.9. The highest BCUT2D eigenvalue weighted by Gasteiger charge is 2.19. The van der Waals surface area contributed by atoms with Crippen molar-refractivity contribution in [3.8, 4) is 17.1 Å². The normalized spacial score (nSPS) is 11.4. The molecule has 6 nitrogen and oxygen atoms in total. The highest BCUT2D eigenvalue weighted by Crippen LogP contribution is 2.34. The molecule has 1 aromatic carbocycles. The van der Waals surface area contributed by atoms with Gasteiger partial charge in [-0.05, 0) is 6.07 Å². The van der Waals surface area contributed by atoms with Crippen LogP contribution in [0, 0.1) is 5.82 Å². The summed E-state index contributed by atoms with van der Waals surface area (Å²) in [6.45, 7) is -0.903. The van der Waals surface area contributed by atoms with Gasteiger partial charge < -0.3 is 9.15 Å². The number of alkyl halides is 2. The van der Waals surface area contributed by atoms with E-state index < -0.39 is 24.6 Å². The van der Waals surface area contributed by atoms with E-state index in [0.29, 0.717) is 0 Å². The number of ether oxygens (including phenoxy) is 1. The molecule has 3 aromatic rings. The monoisotopic (exact) mass is 379 g/mol. The van der Waals surface area contributed by atoms with Crippen molar-refractivity contribution >= 4 is 34.3 Å². The van der Waals surface area contributed by atoms with E-state index >= 15 is 0 Å². The lowest BCUT2D eigenvalue weighted by molar-refractivity contribution is 0.0794. The van der Waals surface area contributed by atoms with Crippen molar-refractivity contribution in [3.63, 3.8) is 0 Å². The van der Waals surface area contributed by atoms with E-state index in [1.807, 2.05) is 0 Å². The fourth-order valence-electron chi connectivity index (χ4n) is 1.96. The Morgan fingerprint density at radius 2 is 2.12 bits per heavy atom. The molecule has 0 bridgehead atoms. The average molecular weight is 380 g/mol. The van der Waals surface area contributed by atoms with Crippen LogP contribution in [-0.2, 0) is 0 Å². The summed E-state index contributed by atoms with van der Waals surface area (Å²) in [5, 5.41) is -0.634. The predicted octanol–water partition coefficient (Wildman–Crippen LogP) is 3.67. The average Bonchev–Trinajstić information content (AvgIpc) is 2.91. The Hall–Kier alpha value is -2.26. The summed E-state index contributed by atoms with van der Waals surface area (Å²) in [6.07, 6.45) is -1.59. The first-order valence-corrected chi connectivity index (χ1v) is 7.07. The SMILES string of the molecule is O=c1[nH]c2c(Cl)c(F)cc(-c3cnc(OCC(F)F)c(Cl)n3)c2o1. The molecule has 0 fully saturated rings. The van der Waals surface area contributed by atoms with Gasteiger partial charge >= 0.3 is 5.76 Å². The molecule has 0 atom stereocenters. The van der Waals surface area contributed by atoms with Gasteiger partial charge in [-0.25, -0.2) is 27.9 Å². The number of hydrogen-bond acceptors (Lipinski definition) is 5. The summed E-state index contributed by atoms with van der Waals surface area (Å²) < 4.78 is 47.8. The maximum atomic E-state index is 13.9. The molecule has 0 aliphatic heterocycles. The first-order chi connectivity index (χ1) is 11.4. The van der Waals surface area contributed by atoms with Gasteiger partial charge in [-0.2, -0.15) is 0 Å². The Morgan fingerprint density at radius 3 is 2.79 bits per heavy atom. The van der Waals surface area contributed by atoms with Gasteiger partial charge in [0.1, 0.15) is 16.4 Å². The molecule has 11 heteroatoms. The Bertz CT molecular complexity index is 974. The minimum atomic E-state index is -2.71. The van der Waals surface area contributed by atoms with Crippen LogP contribution >= 0.6 is 23.2 Å². The molecule has 3 rings (SSSR count). The van der Waals surface area contributed by atoms with E-state index in [-0.39, 0.29) is 38.4 Å². The zero-order valence-corrected chi connectivity index (χ0v) is 13.0. The number of benzene rings is 1. The Morgan fingerprint density at radius 1 is 1.38 bits per heavy atom. The minimum Gasteiger partial charge on any atom is -0.469 e. The minimum absolute atomic E-state index is 0.0349. The Kier molecular flexibility index (Phi) is 4.37. The zero-order valence-electron chi connectivity index (χ0n) is 11.4. The molecule has 2 aromatic heterocycles. The lowest BCUT2D eigenvalue weighted by Crippen LogP contribution is -2.08. The van der Waals surface area contributed by atoms with Crippen molar-refractivity contribution in [2.75, 3.05) is 6.61 Å². The number of hydrogen-bond donors (Lipinski definition) is 1. The second kappa shape index (κ2) is 6.33. The van der Waals surface area contributed by atoms with E-state index in [1.54, 1.807) is 0 Å². The summed E-state index contributed by atoms with van der Waals surface area (Å²) in [7, 11) is 0. The van der Waals surface area contributed by atoms with Gasteiger partial charge in [0.05, 0.1) is 11.9 Å². The first-order valence-electron chi connectivity index (χ1n) is 6.31. The molecule has 0 aliphatic rings. The van der Waals surface area contributed by atoms with Crippen LogP contribution in [0.1, 0.15) is 0 Å². The van der Waals surface area contributed by atoms with Gasteiger partial charge in [0, 0.05) is 5.56 Å². The zero-order chi connectivity index (χ0) is 17.4. The molecule has 126 valence electrons. The van der Waals surface area contributed by atoms with Gasteiger partial charge in [0.2, 0.25) is 0 Å². The van der Waals surface area contributed by atoms with Gasteiger partial charge in [0.15, 0.2) is 17.3 Å². The Balaban J connectivity index is 2.09. The number of halogens is 5. The molecule has 0 aliphatic carbocycles. The van der Waals surface area contributed by atoms with Crippen molar-refractivity contribution in [2.45, 2.75) is 6.43 Å². The van der Waals surface area contributed by atoms with Crippen molar-refractivity contribution in [2.24, 2.45) is 0 Å². The van der Waals surface area contributed by atoms with Crippen LogP contribution in [0.5, 0.6) is 5.88 Å². The van der Waals surface area contributed by atoms with Gasteiger partial charge in [-0.1, -0.05) is 23.2 Å². The second-order valence-corrected chi connectivity index (χ2v) is 5.23. The Labute approximate surface area is 141 Å². The number of nitrogens with zero attached hydrogens (tertiary/aromatic N) is 2. The third-order valence-corrected chi connectivity index (χ3v) is 3.53. The number of aromatic amines is 1. The highest BCUT2D eigenvalue weighted by atomic mass is 35.5. The summed E-state index contributed by atoms with van der Waals surface area (Å²) >= 11 is 11.6. The number of rotatable bonds is 4. The van der Waals surface area contributed by atoms with Crippen molar-refractivity contribution in [3.05, 3.63) is 38.8 Å². The van der Waals surface area contributed by atoms with E-state index in [4.69, 9.17) is 32.4 Å². The molecule has 0 amide bonds. The maximum Gasteiger partial charge on any atom is 0.417 e. The van der Waals surface area contributed by atoms with Gasteiger partial charge in [0.25, 0.3) is 12.3 Å². The van der Waals surface area contributed by atoms with Gasteiger partial charge in [-0.3, -0.25) is 4.98 Å². The standard InChI is InChI=1S/C13H6Cl2F3N3O3/c14-8-5(16)1-4(10-9(8)21-13(22)24-10)6-2-19-12(11(15)20-6)23-3-7(17)18/h1-2,7H,3H2,(H,21,22). The van der Waals surface area contributed by atoms with Crippen LogP contribution in [-0.4, -0.2) is 28.0 Å². The summed E-state index contributed by atoms with van der Waals surface area (Å²) in [5.41, 5.74) is -0.00148. The molecule has 1 N–H and O–H groups in total. The van der Waals surface area contributed by atoms with E-state index in [2.05, 4.69) is 15.0 Å². The summed E-state index contributed by atoms with van der Waals surface area (Å²) in [5.74, 6) is -1.97. The summed E-state index contributed by atoms with van der Waals surface area (Å²) in [6, 6.07) is 0.988. The summed E-state index contributed by atoms with van der Waals surface area (Å²) in [4.78, 5) is 21.3. The molecule has 0 saturated heterocycles. The van der Waals surface area contributed by atoms with Crippen LogP contribution < -0.4 is 10.5 Å². The number of fused-ring (bicyclic) bond motifs is 1. The van der Waals surface area contributed by atoms with Crippen LogP contribution in [0.25, 0.3) is 22.4 Å². The van der Waals surface area contributed by atoms with E-state index in [1.165, 1.54) is 0 Å². The topological polar surface area (TPSA) is 81.0 Å². The van der Waals surface area contributed by atoms with E-state index in [0.717, 1.165) is 12.3 Å². The molecular weight excluding hydrogens is 374 g/mol. The highest BCUT2D eigenvalue weighted by molar-refractivity contribution is 6.35. The number of H-pyrrole nitrogens is 1. The number of oxazole rings is 1. The molecule has 2 heterocycles. The van der Waals surface area contributed by atoms with Gasteiger partial charge in [-0.15, -0.1) is 0 Å². The van der Waals surface area contributed by atoms with Crippen LogP contribution in [0.15, 0.2) is 21.5 Å². The third kappa shape index (κ3) is 3.04. The van der Waals surface area contributed by atoms with Crippen LogP contribution in [0.2, 0.25) is 10.2 Å². The molecular formula is C13H6Cl2F3N3O3. The quantitative estimate of drug-likeness (QED) is 0.747. The second-order valence-electron chi connectivity index (χ2n) is 4.49. The fraction of sp³-hybridized carbons (Fsp3) is 0.154. The third-order valence-electron chi connectivity index (χ3n) is 2.91.